The van der Waals surface area contributed by atoms with Crippen LogP contribution < -0.4 is 10.2 Å². The number of anilines is 1. The molecular weight excluding hydrogens is 343 g/mol. The molecule has 27 heavy (non-hydrogen) atoms. The molecule has 1 aliphatic heterocycles. The van der Waals surface area contributed by atoms with Crippen LogP contribution >= 0.6 is 0 Å². The van der Waals surface area contributed by atoms with Crippen LogP contribution in [0.15, 0.2) is 48.5 Å². The largest absolute Gasteiger partial charge is 0.369 e. The molecule has 0 saturated carbocycles. The summed E-state index contributed by atoms with van der Waals surface area (Å²) in [4.78, 5) is 16.6. The molecule has 1 amide bonds. The van der Waals surface area contributed by atoms with Crippen LogP contribution in [0, 0.1) is 17.1 Å². The maximum atomic E-state index is 12.9. The molecule has 0 atom stereocenters. The summed E-state index contributed by atoms with van der Waals surface area (Å²) in [5, 5.41) is 12.2. The summed E-state index contributed by atoms with van der Waals surface area (Å²) in [5.41, 5.74) is 2.52. The van der Waals surface area contributed by atoms with Crippen LogP contribution in [-0.2, 0) is 11.3 Å². The third-order valence-corrected chi connectivity index (χ3v) is 4.72. The molecule has 0 bridgehead atoms. The third kappa shape index (κ3) is 5.28. The standard InChI is InChI=1S/C21H23FN4O/c22-19-8-6-17(7-9-19)15-24-21(27)16-25-10-3-11-26(13-12-25)20-5-2-1-4-18(20)14-23/h1-2,4-9H,3,10-13,15-16H2,(H,24,27). The summed E-state index contributed by atoms with van der Waals surface area (Å²) in [6.07, 6.45) is 0.936. The van der Waals surface area contributed by atoms with E-state index in [2.05, 4.69) is 21.2 Å². The summed E-state index contributed by atoms with van der Waals surface area (Å²) in [7, 11) is 0. The lowest BCUT2D eigenvalue weighted by Crippen LogP contribution is -2.39. The van der Waals surface area contributed by atoms with Crippen LogP contribution in [-0.4, -0.2) is 43.5 Å². The van der Waals surface area contributed by atoms with Gasteiger partial charge in [-0.25, -0.2) is 4.39 Å². The van der Waals surface area contributed by atoms with Gasteiger partial charge in [0.1, 0.15) is 11.9 Å². The predicted molar refractivity (Wildman–Crippen MR) is 103 cm³/mol. The highest BCUT2D eigenvalue weighted by Gasteiger charge is 2.18. The first-order valence-electron chi connectivity index (χ1n) is 9.13. The van der Waals surface area contributed by atoms with Crippen LogP contribution in [0.5, 0.6) is 0 Å². The van der Waals surface area contributed by atoms with E-state index in [-0.39, 0.29) is 11.7 Å². The first kappa shape index (κ1) is 18.9. The minimum Gasteiger partial charge on any atom is -0.369 e. The molecule has 5 nitrogen and oxygen atoms in total. The fourth-order valence-electron chi connectivity index (χ4n) is 3.28. The first-order chi connectivity index (χ1) is 13.2. The second-order valence-corrected chi connectivity index (χ2v) is 6.65. The van der Waals surface area contributed by atoms with Gasteiger partial charge in [0, 0.05) is 32.7 Å². The van der Waals surface area contributed by atoms with Crippen molar-refractivity contribution in [1.29, 1.82) is 5.26 Å². The van der Waals surface area contributed by atoms with Gasteiger partial charge in [-0.05, 0) is 36.2 Å². The lowest BCUT2D eigenvalue weighted by Gasteiger charge is -2.24. The molecule has 0 unspecified atom stereocenters. The molecule has 1 heterocycles. The Morgan fingerprint density at radius 2 is 1.85 bits per heavy atom. The van der Waals surface area contributed by atoms with E-state index in [1.807, 2.05) is 24.3 Å². The molecule has 1 N–H and O–H groups in total. The van der Waals surface area contributed by atoms with Crippen molar-refractivity contribution in [1.82, 2.24) is 10.2 Å². The van der Waals surface area contributed by atoms with E-state index >= 15 is 0 Å². The number of nitrogens with zero attached hydrogens (tertiary/aromatic N) is 3. The average molecular weight is 366 g/mol. The van der Waals surface area contributed by atoms with Crippen molar-refractivity contribution >= 4 is 11.6 Å². The summed E-state index contributed by atoms with van der Waals surface area (Å²) in [6.45, 7) is 4.00. The second-order valence-electron chi connectivity index (χ2n) is 6.65. The monoisotopic (exact) mass is 366 g/mol. The fourth-order valence-corrected chi connectivity index (χ4v) is 3.28. The van der Waals surface area contributed by atoms with Crippen molar-refractivity contribution in [2.24, 2.45) is 0 Å². The molecule has 2 aromatic carbocycles. The van der Waals surface area contributed by atoms with Crippen LogP contribution in [0.2, 0.25) is 0 Å². The van der Waals surface area contributed by atoms with Crippen molar-refractivity contribution in [3.63, 3.8) is 0 Å². The first-order valence-corrected chi connectivity index (χ1v) is 9.13. The van der Waals surface area contributed by atoms with Gasteiger partial charge in [0.05, 0.1) is 17.8 Å². The molecule has 6 heteroatoms. The summed E-state index contributed by atoms with van der Waals surface area (Å²) >= 11 is 0. The molecule has 1 fully saturated rings. The van der Waals surface area contributed by atoms with Gasteiger partial charge in [-0.15, -0.1) is 0 Å². The Balaban J connectivity index is 1.50. The highest BCUT2D eigenvalue weighted by atomic mass is 19.1. The number of nitrogens with one attached hydrogen (secondary N) is 1. The van der Waals surface area contributed by atoms with Gasteiger partial charge in [0.25, 0.3) is 0 Å². The number of halogens is 1. The smallest absolute Gasteiger partial charge is 0.234 e. The van der Waals surface area contributed by atoms with Gasteiger partial charge in [-0.3, -0.25) is 9.69 Å². The minimum atomic E-state index is -0.280. The maximum absolute atomic E-state index is 12.9. The Labute approximate surface area is 159 Å². The zero-order valence-electron chi connectivity index (χ0n) is 15.2. The number of para-hydroxylation sites is 1. The Morgan fingerprint density at radius 3 is 2.63 bits per heavy atom. The Bertz CT molecular complexity index is 816. The second kappa shape index (κ2) is 9.15. The summed E-state index contributed by atoms with van der Waals surface area (Å²) in [5.74, 6) is -0.317. The van der Waals surface area contributed by atoms with Crippen molar-refractivity contribution in [3.05, 3.63) is 65.5 Å². The molecule has 0 aliphatic carbocycles. The summed E-state index contributed by atoms with van der Waals surface area (Å²) < 4.78 is 12.9. The van der Waals surface area contributed by atoms with E-state index in [0.717, 1.165) is 43.9 Å². The lowest BCUT2D eigenvalue weighted by atomic mass is 10.1. The summed E-state index contributed by atoms with van der Waals surface area (Å²) in [6, 6.07) is 16.0. The number of rotatable bonds is 5. The molecular formula is C21H23FN4O. The fraction of sp³-hybridized carbons (Fsp3) is 0.333. The van der Waals surface area contributed by atoms with Crippen molar-refractivity contribution in [2.45, 2.75) is 13.0 Å². The number of nitriles is 1. The van der Waals surface area contributed by atoms with Crippen molar-refractivity contribution in [3.8, 4) is 6.07 Å². The van der Waals surface area contributed by atoms with Crippen LogP contribution in [0.1, 0.15) is 17.5 Å². The molecule has 0 spiro atoms. The number of carbonyl (C=O) groups excluding carboxylic acids is 1. The molecule has 0 aromatic heterocycles. The molecule has 3 rings (SSSR count). The van der Waals surface area contributed by atoms with Gasteiger partial charge in [0.15, 0.2) is 0 Å². The molecule has 1 saturated heterocycles. The molecule has 2 aromatic rings. The zero-order chi connectivity index (χ0) is 19.1. The van der Waals surface area contributed by atoms with Gasteiger partial charge in [0.2, 0.25) is 5.91 Å². The normalized spacial score (nSPS) is 15.0. The number of amides is 1. The van der Waals surface area contributed by atoms with E-state index in [1.54, 1.807) is 12.1 Å². The SMILES string of the molecule is N#Cc1ccccc1N1CCCN(CC(=O)NCc2ccc(F)cc2)CC1. The maximum Gasteiger partial charge on any atom is 0.234 e. The molecule has 0 radical (unpaired) electrons. The Morgan fingerprint density at radius 1 is 1.07 bits per heavy atom. The van der Waals surface area contributed by atoms with Gasteiger partial charge in [-0.1, -0.05) is 24.3 Å². The van der Waals surface area contributed by atoms with Crippen molar-refractivity contribution < 1.29 is 9.18 Å². The van der Waals surface area contributed by atoms with Crippen LogP contribution in [0.3, 0.4) is 0 Å². The average Bonchev–Trinajstić information content (AvgIpc) is 2.93. The topological polar surface area (TPSA) is 59.4 Å². The van der Waals surface area contributed by atoms with E-state index in [0.29, 0.717) is 18.7 Å². The Kier molecular flexibility index (Phi) is 6.39. The Hall–Kier alpha value is -2.91. The van der Waals surface area contributed by atoms with Gasteiger partial charge < -0.3 is 10.2 Å². The van der Waals surface area contributed by atoms with E-state index < -0.39 is 0 Å². The number of benzene rings is 2. The van der Waals surface area contributed by atoms with Gasteiger partial charge in [-0.2, -0.15) is 5.26 Å². The molecule has 1 aliphatic rings. The highest BCUT2D eigenvalue weighted by Crippen LogP contribution is 2.21. The number of hydrogen-bond donors (Lipinski definition) is 1. The van der Waals surface area contributed by atoms with Crippen LogP contribution in [0.4, 0.5) is 10.1 Å². The van der Waals surface area contributed by atoms with Crippen molar-refractivity contribution in [2.75, 3.05) is 37.6 Å². The quantitative estimate of drug-likeness (QED) is 0.883. The van der Waals surface area contributed by atoms with Gasteiger partial charge >= 0.3 is 0 Å². The van der Waals surface area contributed by atoms with E-state index in [1.165, 1.54) is 12.1 Å². The van der Waals surface area contributed by atoms with Crippen LogP contribution in [0.25, 0.3) is 0 Å². The molecule has 140 valence electrons. The predicted octanol–water partition coefficient (Wildman–Crippen LogP) is 2.53. The third-order valence-electron chi connectivity index (χ3n) is 4.72. The minimum absolute atomic E-state index is 0.0369. The highest BCUT2D eigenvalue weighted by molar-refractivity contribution is 5.78. The zero-order valence-corrected chi connectivity index (χ0v) is 15.2. The van der Waals surface area contributed by atoms with E-state index in [9.17, 15) is 14.4 Å². The number of carbonyl (C=O) groups is 1. The number of hydrogen-bond acceptors (Lipinski definition) is 4. The van der Waals surface area contributed by atoms with E-state index in [4.69, 9.17) is 0 Å². The lowest BCUT2D eigenvalue weighted by molar-refractivity contribution is -0.122.